The molecular formula is C29H40N2O3. The van der Waals surface area contributed by atoms with Gasteiger partial charge < -0.3 is 9.64 Å². The zero-order valence-electron chi connectivity index (χ0n) is 20.9. The molecule has 0 radical (unpaired) electrons. The van der Waals surface area contributed by atoms with Gasteiger partial charge in [-0.2, -0.15) is 0 Å². The zero-order chi connectivity index (χ0) is 24.1. The highest BCUT2D eigenvalue weighted by molar-refractivity contribution is 5.98. The molecule has 0 aromatic heterocycles. The van der Waals surface area contributed by atoms with Crippen molar-refractivity contribution in [2.24, 2.45) is 17.8 Å². The van der Waals surface area contributed by atoms with Gasteiger partial charge in [-0.1, -0.05) is 37.3 Å². The number of rotatable bonds is 8. The van der Waals surface area contributed by atoms with Crippen molar-refractivity contribution < 1.29 is 14.3 Å². The van der Waals surface area contributed by atoms with Crippen LogP contribution in [0.4, 0.5) is 5.69 Å². The molecule has 0 amide bonds. The maximum absolute atomic E-state index is 12.7. The Morgan fingerprint density at radius 3 is 2.53 bits per heavy atom. The van der Waals surface area contributed by atoms with Gasteiger partial charge >= 0.3 is 5.97 Å². The molecule has 34 heavy (non-hydrogen) atoms. The molecule has 5 heteroatoms. The third-order valence-corrected chi connectivity index (χ3v) is 8.23. The van der Waals surface area contributed by atoms with Crippen molar-refractivity contribution in [3.05, 3.63) is 53.6 Å². The number of ketones is 1. The number of carbonyl (C=O) groups is 2. The van der Waals surface area contributed by atoms with Crippen LogP contribution in [0.25, 0.3) is 0 Å². The Labute approximate surface area is 204 Å². The van der Waals surface area contributed by atoms with E-state index in [2.05, 4.69) is 53.6 Å². The molecule has 0 unspecified atom stereocenters. The Morgan fingerprint density at radius 2 is 1.79 bits per heavy atom. The summed E-state index contributed by atoms with van der Waals surface area (Å²) in [5, 5.41) is 0. The number of para-hydroxylation sites is 1. The van der Waals surface area contributed by atoms with Crippen LogP contribution in [-0.2, 0) is 14.3 Å². The van der Waals surface area contributed by atoms with Crippen LogP contribution < -0.4 is 4.90 Å². The van der Waals surface area contributed by atoms with Gasteiger partial charge in [0.25, 0.3) is 0 Å². The van der Waals surface area contributed by atoms with Gasteiger partial charge in [-0.15, -0.1) is 0 Å². The highest BCUT2D eigenvalue weighted by Gasteiger charge is 2.38. The van der Waals surface area contributed by atoms with E-state index < -0.39 is 0 Å². The second-order valence-electron chi connectivity index (χ2n) is 10.4. The average molecular weight is 465 g/mol. The molecule has 3 atom stereocenters. The number of fused-ring (bicyclic) bond motifs is 1. The quantitative estimate of drug-likeness (QED) is 0.307. The van der Waals surface area contributed by atoms with Gasteiger partial charge in [0.2, 0.25) is 0 Å². The molecule has 4 rings (SSSR count). The van der Waals surface area contributed by atoms with Crippen LogP contribution in [-0.4, -0.2) is 56.0 Å². The van der Waals surface area contributed by atoms with Crippen LogP contribution >= 0.6 is 0 Å². The van der Waals surface area contributed by atoms with Gasteiger partial charge in [-0.3, -0.25) is 9.69 Å². The summed E-state index contributed by atoms with van der Waals surface area (Å²) >= 11 is 0. The summed E-state index contributed by atoms with van der Waals surface area (Å²) in [6, 6.07) is 10.6. The first-order valence-electron chi connectivity index (χ1n) is 13.0. The molecule has 1 aromatic carbocycles. The van der Waals surface area contributed by atoms with Gasteiger partial charge in [0, 0.05) is 43.9 Å². The van der Waals surface area contributed by atoms with E-state index in [1.807, 2.05) is 6.92 Å². The fourth-order valence-electron chi connectivity index (χ4n) is 5.84. The lowest BCUT2D eigenvalue weighted by Gasteiger charge is -2.36. The average Bonchev–Trinajstić information content (AvgIpc) is 3.04. The molecule has 1 heterocycles. The number of hydrogen-bond donors (Lipinski definition) is 0. The van der Waals surface area contributed by atoms with Gasteiger partial charge in [0.15, 0.2) is 5.78 Å². The summed E-state index contributed by atoms with van der Waals surface area (Å²) in [5.41, 5.74) is 4.08. The number of ether oxygens (including phenoxy) is 1. The SMILES string of the molecule is C=C(C(=O)OCCCCN1CCN(c2ccccc2)CC1)[C@@H]1CC[C@H](C)[C@@H]2CC(=O)C(C)=C2C1. The lowest BCUT2D eigenvalue weighted by atomic mass is 9.86. The Kier molecular flexibility index (Phi) is 8.25. The van der Waals surface area contributed by atoms with Gasteiger partial charge in [0.05, 0.1) is 6.61 Å². The lowest BCUT2D eigenvalue weighted by molar-refractivity contribution is -0.139. The van der Waals surface area contributed by atoms with Crippen molar-refractivity contribution in [2.45, 2.75) is 52.4 Å². The summed E-state index contributed by atoms with van der Waals surface area (Å²) in [6.07, 6.45) is 5.32. The molecule has 0 bridgehead atoms. The maximum Gasteiger partial charge on any atom is 0.333 e. The highest BCUT2D eigenvalue weighted by atomic mass is 16.5. The fourth-order valence-corrected chi connectivity index (χ4v) is 5.84. The van der Waals surface area contributed by atoms with Crippen LogP contribution in [0.1, 0.15) is 52.4 Å². The predicted molar refractivity (Wildman–Crippen MR) is 137 cm³/mol. The minimum absolute atomic E-state index is 0.0942. The van der Waals surface area contributed by atoms with Crippen molar-refractivity contribution in [2.75, 3.05) is 44.2 Å². The van der Waals surface area contributed by atoms with Crippen molar-refractivity contribution in [3.63, 3.8) is 0 Å². The van der Waals surface area contributed by atoms with Crippen molar-refractivity contribution in [1.29, 1.82) is 0 Å². The minimum Gasteiger partial charge on any atom is -0.462 e. The van der Waals surface area contributed by atoms with E-state index in [9.17, 15) is 9.59 Å². The summed E-state index contributed by atoms with van der Waals surface area (Å²) in [6.45, 7) is 14.1. The number of piperazine rings is 1. The normalized spacial score (nSPS) is 25.8. The van der Waals surface area contributed by atoms with E-state index in [1.54, 1.807) is 0 Å². The molecular weight excluding hydrogens is 424 g/mol. The lowest BCUT2D eigenvalue weighted by Crippen LogP contribution is -2.46. The van der Waals surface area contributed by atoms with Gasteiger partial charge in [-0.05, 0) is 81.0 Å². The molecule has 2 aliphatic carbocycles. The topological polar surface area (TPSA) is 49.9 Å². The summed E-state index contributed by atoms with van der Waals surface area (Å²) in [7, 11) is 0. The molecule has 0 N–H and O–H groups in total. The maximum atomic E-state index is 12.7. The number of nitrogens with zero attached hydrogens (tertiary/aromatic N) is 2. The van der Waals surface area contributed by atoms with Crippen molar-refractivity contribution in [3.8, 4) is 0 Å². The molecule has 1 saturated heterocycles. The molecule has 3 aliphatic rings. The van der Waals surface area contributed by atoms with Crippen molar-refractivity contribution >= 4 is 17.4 Å². The molecule has 1 aromatic rings. The Hall–Kier alpha value is -2.40. The number of benzene rings is 1. The molecule has 2 fully saturated rings. The third-order valence-electron chi connectivity index (χ3n) is 8.23. The Bertz CT molecular complexity index is 915. The van der Waals surface area contributed by atoms with Crippen molar-refractivity contribution in [1.82, 2.24) is 4.90 Å². The van der Waals surface area contributed by atoms with E-state index in [-0.39, 0.29) is 17.7 Å². The van der Waals surface area contributed by atoms with Crippen LogP contribution in [0.2, 0.25) is 0 Å². The van der Waals surface area contributed by atoms with E-state index in [0.717, 1.165) is 70.4 Å². The summed E-state index contributed by atoms with van der Waals surface area (Å²) < 4.78 is 5.60. The molecule has 1 saturated carbocycles. The molecule has 184 valence electrons. The molecule has 0 spiro atoms. The number of anilines is 1. The Morgan fingerprint density at radius 1 is 1.06 bits per heavy atom. The number of esters is 1. The molecule has 5 nitrogen and oxygen atoms in total. The van der Waals surface area contributed by atoms with Gasteiger partial charge in [-0.25, -0.2) is 4.79 Å². The minimum atomic E-state index is -0.254. The monoisotopic (exact) mass is 464 g/mol. The van der Waals surface area contributed by atoms with E-state index in [4.69, 9.17) is 4.74 Å². The second kappa shape index (κ2) is 11.4. The Balaban J connectivity index is 1.15. The van der Waals surface area contributed by atoms with E-state index >= 15 is 0 Å². The standard InChI is InChI=1S/C29H40N2O3/c1-21-11-12-24(19-27-23(3)28(32)20-26(21)27)22(2)29(33)34-18-8-7-13-30-14-16-31(17-15-30)25-9-5-4-6-10-25/h4-6,9-10,21,24,26H,2,7-8,11-20H2,1,3H3/t21-,24+,26-/m0/s1. The first-order chi connectivity index (χ1) is 16.4. The van der Waals surface area contributed by atoms with Crippen LogP contribution in [0, 0.1) is 17.8 Å². The number of Topliss-reactive ketones (excluding diaryl/α,β-unsaturated/α-hetero) is 1. The van der Waals surface area contributed by atoms with Crippen LogP contribution in [0.3, 0.4) is 0 Å². The summed E-state index contributed by atoms with van der Waals surface area (Å²) in [4.78, 5) is 29.9. The zero-order valence-corrected chi connectivity index (χ0v) is 20.9. The fraction of sp³-hybridized carbons (Fsp3) is 0.586. The van der Waals surface area contributed by atoms with Gasteiger partial charge in [0.1, 0.15) is 0 Å². The van der Waals surface area contributed by atoms with Crippen LogP contribution in [0.15, 0.2) is 53.6 Å². The van der Waals surface area contributed by atoms with E-state index in [0.29, 0.717) is 30.4 Å². The first-order valence-corrected chi connectivity index (χ1v) is 13.0. The number of carbonyl (C=O) groups excluding carboxylic acids is 2. The first kappa shape index (κ1) is 24.7. The molecule has 1 aliphatic heterocycles. The third kappa shape index (κ3) is 5.80. The second-order valence-corrected chi connectivity index (χ2v) is 10.4. The number of unbranched alkanes of at least 4 members (excludes halogenated alkanes) is 1. The largest absolute Gasteiger partial charge is 0.462 e. The van der Waals surface area contributed by atoms with E-state index in [1.165, 1.54) is 11.3 Å². The van der Waals surface area contributed by atoms with Crippen LogP contribution in [0.5, 0.6) is 0 Å². The number of allylic oxidation sites excluding steroid dienone is 2. The smallest absolute Gasteiger partial charge is 0.333 e. The number of hydrogen-bond acceptors (Lipinski definition) is 5. The predicted octanol–water partition coefficient (Wildman–Crippen LogP) is 5.03. The highest BCUT2D eigenvalue weighted by Crippen LogP contribution is 2.45. The summed E-state index contributed by atoms with van der Waals surface area (Å²) in [5.74, 6) is 0.963.